The molecule has 0 bridgehead atoms. The van der Waals surface area contributed by atoms with Crippen LogP contribution in [0.1, 0.15) is 24.5 Å². The summed E-state index contributed by atoms with van der Waals surface area (Å²) in [4.78, 5) is 28.3. The molecule has 29 heavy (non-hydrogen) atoms. The number of benzene rings is 2. The Kier molecular flexibility index (Phi) is 6.59. The van der Waals surface area contributed by atoms with Crippen LogP contribution in [0.5, 0.6) is 0 Å². The standard InChI is InChI=1S/C22H23FN2O3S/c1-3-28-20(26)14-19-21(27)25(18-10-8-17(23)9-11-18)22(29)24(19)13-12-16-6-4-15(2)5-7-16/h4-11,19H,3,12-14H2,1-2H3. The Bertz CT molecular complexity index is 899. The lowest BCUT2D eigenvalue weighted by atomic mass is 10.1. The first-order chi connectivity index (χ1) is 13.9. The van der Waals surface area contributed by atoms with Crippen LogP contribution in [0.2, 0.25) is 0 Å². The predicted molar refractivity (Wildman–Crippen MR) is 113 cm³/mol. The lowest BCUT2D eigenvalue weighted by Gasteiger charge is -2.23. The van der Waals surface area contributed by atoms with Gasteiger partial charge in [-0.05, 0) is 62.3 Å². The Morgan fingerprint density at radius 3 is 2.41 bits per heavy atom. The van der Waals surface area contributed by atoms with Crippen molar-refractivity contribution in [2.75, 3.05) is 18.1 Å². The van der Waals surface area contributed by atoms with E-state index in [-0.39, 0.29) is 18.9 Å². The summed E-state index contributed by atoms with van der Waals surface area (Å²) in [5, 5.41) is 0.308. The van der Waals surface area contributed by atoms with Crippen LogP contribution in [0.3, 0.4) is 0 Å². The molecule has 1 unspecified atom stereocenters. The van der Waals surface area contributed by atoms with Gasteiger partial charge in [0.2, 0.25) is 0 Å². The van der Waals surface area contributed by atoms with E-state index >= 15 is 0 Å². The molecular weight excluding hydrogens is 391 g/mol. The SMILES string of the molecule is CCOC(=O)CC1C(=O)N(c2ccc(F)cc2)C(=S)N1CCc1ccc(C)cc1. The van der Waals surface area contributed by atoms with Gasteiger partial charge < -0.3 is 9.64 Å². The first-order valence-electron chi connectivity index (χ1n) is 9.52. The van der Waals surface area contributed by atoms with Crippen LogP contribution in [0.4, 0.5) is 10.1 Å². The molecule has 0 aromatic heterocycles. The third-order valence-electron chi connectivity index (χ3n) is 4.83. The quantitative estimate of drug-likeness (QED) is 0.512. The van der Waals surface area contributed by atoms with Crippen molar-refractivity contribution < 1.29 is 18.7 Å². The smallest absolute Gasteiger partial charge is 0.308 e. The number of rotatable bonds is 7. The fraction of sp³-hybridized carbons (Fsp3) is 0.318. The molecule has 1 atom stereocenters. The number of halogens is 1. The van der Waals surface area contributed by atoms with Crippen molar-refractivity contribution in [3.05, 3.63) is 65.5 Å². The van der Waals surface area contributed by atoms with E-state index in [9.17, 15) is 14.0 Å². The van der Waals surface area contributed by atoms with Crippen molar-refractivity contribution >= 4 is 34.9 Å². The van der Waals surface area contributed by atoms with Crippen LogP contribution in [-0.4, -0.2) is 41.1 Å². The zero-order valence-corrected chi connectivity index (χ0v) is 17.2. The van der Waals surface area contributed by atoms with Crippen molar-refractivity contribution in [3.63, 3.8) is 0 Å². The van der Waals surface area contributed by atoms with Crippen molar-refractivity contribution in [3.8, 4) is 0 Å². The summed E-state index contributed by atoms with van der Waals surface area (Å²) >= 11 is 5.57. The highest BCUT2D eigenvalue weighted by Gasteiger charge is 2.44. The zero-order chi connectivity index (χ0) is 21.0. The van der Waals surface area contributed by atoms with Gasteiger partial charge in [-0.2, -0.15) is 0 Å². The summed E-state index contributed by atoms with van der Waals surface area (Å²) in [6.45, 7) is 4.47. The number of carbonyl (C=O) groups is 2. The molecule has 0 saturated carbocycles. The summed E-state index contributed by atoms with van der Waals surface area (Å²) in [7, 11) is 0. The molecule has 0 aliphatic carbocycles. The molecule has 1 saturated heterocycles. The van der Waals surface area contributed by atoms with Crippen molar-refractivity contribution in [1.82, 2.24) is 4.90 Å². The molecule has 0 radical (unpaired) electrons. The number of amides is 1. The lowest BCUT2D eigenvalue weighted by Crippen LogP contribution is -2.38. The van der Waals surface area contributed by atoms with Crippen molar-refractivity contribution in [1.29, 1.82) is 0 Å². The van der Waals surface area contributed by atoms with Crippen LogP contribution in [0.25, 0.3) is 0 Å². The van der Waals surface area contributed by atoms with Gasteiger partial charge in [0.15, 0.2) is 5.11 Å². The second-order valence-corrected chi connectivity index (χ2v) is 7.25. The molecule has 3 rings (SSSR count). The van der Waals surface area contributed by atoms with E-state index in [1.807, 2.05) is 31.2 Å². The van der Waals surface area contributed by atoms with E-state index in [0.717, 1.165) is 5.56 Å². The van der Waals surface area contributed by atoms with Crippen LogP contribution < -0.4 is 4.90 Å². The Morgan fingerprint density at radius 1 is 1.14 bits per heavy atom. The number of ether oxygens (including phenoxy) is 1. The minimum atomic E-state index is -0.739. The molecule has 7 heteroatoms. The summed E-state index contributed by atoms with van der Waals surface area (Å²) in [6.07, 6.45) is 0.586. The Balaban J connectivity index is 1.83. The fourth-order valence-electron chi connectivity index (χ4n) is 3.30. The third kappa shape index (κ3) is 4.79. The summed E-state index contributed by atoms with van der Waals surface area (Å²) in [6, 6.07) is 13.0. The second-order valence-electron chi connectivity index (χ2n) is 6.89. The summed E-state index contributed by atoms with van der Waals surface area (Å²) in [5.74, 6) is -1.15. The molecule has 0 N–H and O–H groups in total. The molecular formula is C22H23FN2O3S. The number of aryl methyl sites for hydroxylation is 1. The molecule has 1 heterocycles. The molecule has 5 nitrogen and oxygen atoms in total. The number of esters is 1. The molecule has 1 amide bonds. The van der Waals surface area contributed by atoms with Gasteiger partial charge in [-0.25, -0.2) is 4.39 Å². The highest BCUT2D eigenvalue weighted by molar-refractivity contribution is 7.80. The van der Waals surface area contributed by atoms with E-state index in [1.54, 1.807) is 11.8 Å². The van der Waals surface area contributed by atoms with E-state index in [2.05, 4.69) is 0 Å². The van der Waals surface area contributed by atoms with Crippen molar-refractivity contribution in [2.24, 2.45) is 0 Å². The molecule has 1 aliphatic rings. The average Bonchev–Trinajstić information content (AvgIpc) is 2.92. The Labute approximate surface area is 175 Å². The monoisotopic (exact) mass is 414 g/mol. The first kappa shape index (κ1) is 20.9. The van der Waals surface area contributed by atoms with Gasteiger partial charge in [-0.1, -0.05) is 29.8 Å². The van der Waals surface area contributed by atoms with Gasteiger partial charge in [-0.15, -0.1) is 0 Å². The summed E-state index contributed by atoms with van der Waals surface area (Å²) < 4.78 is 18.3. The van der Waals surface area contributed by atoms with Crippen LogP contribution >= 0.6 is 12.2 Å². The maximum Gasteiger partial charge on any atom is 0.308 e. The first-order valence-corrected chi connectivity index (χ1v) is 9.93. The molecule has 1 fully saturated rings. The third-order valence-corrected chi connectivity index (χ3v) is 5.25. The highest BCUT2D eigenvalue weighted by atomic mass is 32.1. The van der Waals surface area contributed by atoms with Gasteiger partial charge in [0, 0.05) is 6.54 Å². The number of thiocarbonyl (C=S) groups is 1. The van der Waals surface area contributed by atoms with Crippen LogP contribution in [0.15, 0.2) is 48.5 Å². The van der Waals surface area contributed by atoms with E-state index in [0.29, 0.717) is 23.8 Å². The number of nitrogens with zero attached hydrogens (tertiary/aromatic N) is 2. The largest absolute Gasteiger partial charge is 0.466 e. The maximum absolute atomic E-state index is 13.3. The number of carbonyl (C=O) groups excluding carboxylic acids is 2. The predicted octanol–water partition coefficient (Wildman–Crippen LogP) is 3.63. The van der Waals surface area contributed by atoms with E-state index in [1.165, 1.54) is 34.7 Å². The van der Waals surface area contributed by atoms with Gasteiger partial charge in [0.25, 0.3) is 5.91 Å². The van der Waals surface area contributed by atoms with Crippen LogP contribution in [0, 0.1) is 12.7 Å². The topological polar surface area (TPSA) is 49.9 Å². The second kappa shape index (κ2) is 9.13. The molecule has 152 valence electrons. The zero-order valence-electron chi connectivity index (χ0n) is 16.4. The maximum atomic E-state index is 13.3. The van der Waals surface area contributed by atoms with Gasteiger partial charge in [0.1, 0.15) is 11.9 Å². The molecule has 2 aromatic rings. The normalized spacial score (nSPS) is 16.4. The van der Waals surface area contributed by atoms with E-state index < -0.39 is 17.8 Å². The molecule has 1 aliphatic heterocycles. The van der Waals surface area contributed by atoms with E-state index in [4.69, 9.17) is 17.0 Å². The molecule has 0 spiro atoms. The molecule has 2 aromatic carbocycles. The van der Waals surface area contributed by atoms with Gasteiger partial charge in [-0.3, -0.25) is 14.5 Å². The Hall–Kier alpha value is -2.80. The minimum Gasteiger partial charge on any atom is -0.466 e. The van der Waals surface area contributed by atoms with Crippen LogP contribution in [-0.2, 0) is 20.7 Å². The summed E-state index contributed by atoms with van der Waals surface area (Å²) in [5.41, 5.74) is 2.76. The van der Waals surface area contributed by atoms with Crippen molar-refractivity contribution in [2.45, 2.75) is 32.7 Å². The minimum absolute atomic E-state index is 0.0849. The number of hydrogen-bond acceptors (Lipinski definition) is 4. The highest BCUT2D eigenvalue weighted by Crippen LogP contribution is 2.28. The fourth-order valence-corrected chi connectivity index (χ4v) is 3.71. The number of hydrogen-bond donors (Lipinski definition) is 0. The van der Waals surface area contributed by atoms with Gasteiger partial charge in [0.05, 0.1) is 18.7 Å². The Morgan fingerprint density at radius 2 is 1.79 bits per heavy atom. The lowest BCUT2D eigenvalue weighted by molar-refractivity contribution is -0.145. The average molecular weight is 415 g/mol. The number of anilines is 1. The van der Waals surface area contributed by atoms with Gasteiger partial charge >= 0.3 is 5.97 Å².